The van der Waals surface area contributed by atoms with Crippen molar-refractivity contribution >= 4 is 29.2 Å². The highest BCUT2D eigenvalue weighted by Crippen LogP contribution is 2.39. The number of rotatable bonds is 4. The standard InChI is InChI=1S/C17H14ClNO7/c1-8-3-15(21)26-9(2)16(8)17(22)23-6-14(20)19-11-5-13-12(4-10(11)18)24-7-25-13/h3-5H,6-7H2,1-2H3,(H,19,20). The monoisotopic (exact) mass is 379 g/mol. The minimum Gasteiger partial charge on any atom is -0.454 e. The minimum atomic E-state index is -0.768. The molecule has 1 aromatic carbocycles. The molecular weight excluding hydrogens is 366 g/mol. The zero-order valence-electron chi connectivity index (χ0n) is 13.9. The van der Waals surface area contributed by atoms with Crippen molar-refractivity contribution in [1.29, 1.82) is 0 Å². The molecule has 1 aliphatic heterocycles. The van der Waals surface area contributed by atoms with Gasteiger partial charge >= 0.3 is 11.6 Å². The highest BCUT2D eigenvalue weighted by atomic mass is 35.5. The average molecular weight is 380 g/mol. The lowest BCUT2D eigenvalue weighted by molar-refractivity contribution is -0.119. The van der Waals surface area contributed by atoms with Gasteiger partial charge in [0.1, 0.15) is 11.3 Å². The molecular formula is C17H14ClNO7. The predicted octanol–water partition coefficient (Wildman–Crippen LogP) is 2.43. The highest BCUT2D eigenvalue weighted by molar-refractivity contribution is 6.34. The largest absolute Gasteiger partial charge is 0.454 e. The Morgan fingerprint density at radius 3 is 2.58 bits per heavy atom. The van der Waals surface area contributed by atoms with Crippen LogP contribution in [0.2, 0.25) is 5.02 Å². The van der Waals surface area contributed by atoms with Gasteiger partial charge in [-0.05, 0) is 19.4 Å². The summed E-state index contributed by atoms with van der Waals surface area (Å²) in [5.41, 5.74) is 0.253. The molecule has 1 aromatic heterocycles. The second-order valence-corrected chi connectivity index (χ2v) is 5.90. The van der Waals surface area contributed by atoms with Crippen molar-refractivity contribution in [2.24, 2.45) is 0 Å². The molecule has 0 atom stereocenters. The van der Waals surface area contributed by atoms with Crippen LogP contribution in [0.3, 0.4) is 0 Å². The van der Waals surface area contributed by atoms with Crippen molar-refractivity contribution in [3.8, 4) is 11.5 Å². The summed E-state index contributed by atoms with van der Waals surface area (Å²) in [5, 5.41) is 2.78. The van der Waals surface area contributed by atoms with Gasteiger partial charge in [-0.2, -0.15) is 0 Å². The smallest absolute Gasteiger partial charge is 0.342 e. The average Bonchev–Trinajstić information content (AvgIpc) is 2.99. The molecule has 26 heavy (non-hydrogen) atoms. The van der Waals surface area contributed by atoms with Gasteiger partial charge in [-0.25, -0.2) is 9.59 Å². The first-order valence-electron chi connectivity index (χ1n) is 7.52. The molecule has 1 aliphatic rings. The summed E-state index contributed by atoms with van der Waals surface area (Å²) < 4.78 is 20.2. The number of benzene rings is 1. The number of aryl methyl sites for hydroxylation is 2. The van der Waals surface area contributed by atoms with Gasteiger partial charge in [0, 0.05) is 18.2 Å². The molecule has 0 radical (unpaired) electrons. The lowest BCUT2D eigenvalue weighted by Crippen LogP contribution is -2.22. The highest BCUT2D eigenvalue weighted by Gasteiger charge is 2.20. The number of hydrogen-bond acceptors (Lipinski definition) is 7. The van der Waals surface area contributed by atoms with Gasteiger partial charge in [-0.15, -0.1) is 0 Å². The quantitative estimate of drug-likeness (QED) is 0.813. The van der Waals surface area contributed by atoms with Crippen LogP contribution in [0.25, 0.3) is 0 Å². The normalized spacial score (nSPS) is 12.0. The molecule has 0 saturated carbocycles. The van der Waals surface area contributed by atoms with Crippen LogP contribution < -0.4 is 20.4 Å². The van der Waals surface area contributed by atoms with E-state index in [9.17, 15) is 14.4 Å². The van der Waals surface area contributed by atoms with Gasteiger partial charge in [0.15, 0.2) is 18.1 Å². The number of hydrogen-bond donors (Lipinski definition) is 1. The number of carbonyl (C=O) groups excluding carboxylic acids is 2. The van der Waals surface area contributed by atoms with Crippen LogP contribution >= 0.6 is 11.6 Å². The number of halogens is 1. The number of esters is 1. The molecule has 0 fully saturated rings. The second-order valence-electron chi connectivity index (χ2n) is 5.49. The van der Waals surface area contributed by atoms with Crippen LogP contribution in [-0.4, -0.2) is 25.3 Å². The third-order valence-corrected chi connectivity index (χ3v) is 3.92. The molecule has 1 N–H and O–H groups in total. The molecule has 2 heterocycles. The fourth-order valence-electron chi connectivity index (χ4n) is 2.47. The molecule has 9 heteroatoms. The zero-order chi connectivity index (χ0) is 18.8. The Labute approximate surface area is 152 Å². The molecule has 2 aromatic rings. The molecule has 136 valence electrons. The number of nitrogens with one attached hydrogen (secondary N) is 1. The summed E-state index contributed by atoms with van der Waals surface area (Å²) in [6.45, 7) is 2.58. The fraction of sp³-hybridized carbons (Fsp3) is 0.235. The molecule has 0 spiro atoms. The zero-order valence-corrected chi connectivity index (χ0v) is 14.6. The maximum Gasteiger partial charge on any atom is 0.342 e. The third-order valence-electron chi connectivity index (χ3n) is 3.61. The molecule has 0 bridgehead atoms. The topological polar surface area (TPSA) is 104 Å². The number of amides is 1. The lowest BCUT2D eigenvalue weighted by Gasteiger charge is -2.10. The van der Waals surface area contributed by atoms with E-state index in [4.69, 9.17) is 30.2 Å². The summed E-state index contributed by atoms with van der Waals surface area (Å²) in [6.07, 6.45) is 0. The van der Waals surface area contributed by atoms with E-state index in [2.05, 4.69) is 5.32 Å². The molecule has 3 rings (SSSR count). The Kier molecular flexibility index (Phi) is 4.85. The Hall–Kier alpha value is -3.00. The van der Waals surface area contributed by atoms with E-state index < -0.39 is 24.1 Å². The summed E-state index contributed by atoms with van der Waals surface area (Å²) in [4.78, 5) is 35.4. The maximum atomic E-state index is 12.1. The van der Waals surface area contributed by atoms with Crippen molar-refractivity contribution in [2.75, 3.05) is 18.7 Å². The molecule has 1 amide bonds. The first kappa shape index (κ1) is 17.8. The van der Waals surface area contributed by atoms with Gasteiger partial charge in [-0.3, -0.25) is 4.79 Å². The van der Waals surface area contributed by atoms with E-state index in [0.717, 1.165) is 0 Å². The van der Waals surface area contributed by atoms with Crippen molar-refractivity contribution < 1.29 is 28.2 Å². The van der Waals surface area contributed by atoms with E-state index in [1.165, 1.54) is 25.1 Å². The number of anilines is 1. The van der Waals surface area contributed by atoms with Gasteiger partial charge in [-0.1, -0.05) is 11.6 Å². The van der Waals surface area contributed by atoms with Crippen molar-refractivity contribution in [3.63, 3.8) is 0 Å². The minimum absolute atomic E-state index is 0.0760. The van der Waals surface area contributed by atoms with E-state index in [-0.39, 0.29) is 23.1 Å². The Morgan fingerprint density at radius 2 is 1.88 bits per heavy atom. The van der Waals surface area contributed by atoms with E-state index in [0.29, 0.717) is 22.7 Å². The lowest BCUT2D eigenvalue weighted by atomic mass is 10.1. The van der Waals surface area contributed by atoms with Crippen LogP contribution in [0.5, 0.6) is 11.5 Å². The molecule has 0 aliphatic carbocycles. The third kappa shape index (κ3) is 3.65. The summed E-state index contributed by atoms with van der Waals surface area (Å²) in [5.74, 6) is -0.301. The number of ether oxygens (including phenoxy) is 3. The van der Waals surface area contributed by atoms with Crippen molar-refractivity contribution in [2.45, 2.75) is 13.8 Å². The van der Waals surface area contributed by atoms with Gasteiger partial charge in [0.25, 0.3) is 5.91 Å². The summed E-state index contributed by atoms with van der Waals surface area (Å²) in [7, 11) is 0. The van der Waals surface area contributed by atoms with Crippen LogP contribution in [0, 0.1) is 13.8 Å². The number of carbonyl (C=O) groups is 2. The second kappa shape index (κ2) is 7.09. The first-order chi connectivity index (χ1) is 12.3. The maximum absolute atomic E-state index is 12.1. The molecule has 0 unspecified atom stereocenters. The van der Waals surface area contributed by atoms with E-state index >= 15 is 0 Å². The summed E-state index contributed by atoms with van der Waals surface area (Å²) >= 11 is 6.07. The Morgan fingerprint density at radius 1 is 1.19 bits per heavy atom. The van der Waals surface area contributed by atoms with E-state index in [1.54, 1.807) is 6.92 Å². The van der Waals surface area contributed by atoms with Crippen LogP contribution in [0.15, 0.2) is 27.4 Å². The predicted molar refractivity (Wildman–Crippen MR) is 90.9 cm³/mol. The van der Waals surface area contributed by atoms with Gasteiger partial charge < -0.3 is 23.9 Å². The molecule has 8 nitrogen and oxygen atoms in total. The SMILES string of the molecule is Cc1cc(=O)oc(C)c1C(=O)OCC(=O)Nc1cc2c(cc1Cl)OCO2. The summed E-state index contributed by atoms with van der Waals surface area (Å²) in [6, 6.07) is 4.21. The Balaban J connectivity index is 1.65. The van der Waals surface area contributed by atoms with Crippen molar-refractivity contribution in [1.82, 2.24) is 0 Å². The fourth-order valence-corrected chi connectivity index (χ4v) is 2.67. The van der Waals surface area contributed by atoms with Crippen molar-refractivity contribution in [3.05, 3.63) is 50.5 Å². The molecule has 0 saturated heterocycles. The van der Waals surface area contributed by atoms with Crippen LogP contribution in [0.1, 0.15) is 21.7 Å². The first-order valence-corrected chi connectivity index (χ1v) is 7.90. The van der Waals surface area contributed by atoms with E-state index in [1.807, 2.05) is 0 Å². The number of fused-ring (bicyclic) bond motifs is 1. The van der Waals surface area contributed by atoms with Crippen LogP contribution in [-0.2, 0) is 9.53 Å². The Bertz CT molecular complexity index is 925. The van der Waals surface area contributed by atoms with Gasteiger partial charge in [0.2, 0.25) is 6.79 Å². The van der Waals surface area contributed by atoms with Crippen LogP contribution in [0.4, 0.5) is 5.69 Å². The van der Waals surface area contributed by atoms with Gasteiger partial charge in [0.05, 0.1) is 10.7 Å².